The van der Waals surface area contributed by atoms with Crippen molar-refractivity contribution in [1.82, 2.24) is 9.97 Å². The number of alkyl halides is 3. The van der Waals surface area contributed by atoms with Crippen molar-refractivity contribution in [2.45, 2.75) is 32.4 Å². The van der Waals surface area contributed by atoms with Crippen LogP contribution in [-0.4, -0.2) is 16.6 Å². The third-order valence-electron chi connectivity index (χ3n) is 4.34. The number of halogens is 4. The zero-order valence-electron chi connectivity index (χ0n) is 16.8. The molecule has 0 radical (unpaired) electrons. The molecule has 1 heterocycles. The largest absolute Gasteiger partial charge is 0.491 e. The van der Waals surface area contributed by atoms with E-state index in [1.807, 2.05) is 12.1 Å². The van der Waals surface area contributed by atoms with Gasteiger partial charge in [-0.25, -0.2) is 4.98 Å². The Morgan fingerprint density at radius 2 is 1.74 bits per heavy atom. The Hall–Kier alpha value is -2.56. The van der Waals surface area contributed by atoms with Gasteiger partial charge in [0.25, 0.3) is 0 Å². The van der Waals surface area contributed by atoms with Crippen molar-refractivity contribution in [3.8, 4) is 5.75 Å². The molecule has 31 heavy (non-hydrogen) atoms. The Labute approximate surface area is 192 Å². The lowest BCUT2D eigenvalue weighted by Crippen LogP contribution is -2.13. The molecule has 164 valence electrons. The molecule has 3 aromatic rings. The molecule has 0 saturated carbocycles. The number of ether oxygens (including phenoxy) is 1. The van der Waals surface area contributed by atoms with Gasteiger partial charge >= 0.3 is 6.18 Å². The summed E-state index contributed by atoms with van der Waals surface area (Å²) < 4.78 is 47.5. The van der Waals surface area contributed by atoms with Crippen LogP contribution in [-0.2, 0) is 6.18 Å². The van der Waals surface area contributed by atoms with Gasteiger partial charge in [0, 0.05) is 15.5 Å². The summed E-state index contributed by atoms with van der Waals surface area (Å²) in [5.74, 6) is 0.177. The summed E-state index contributed by atoms with van der Waals surface area (Å²) in [4.78, 5) is 7.93. The lowest BCUT2D eigenvalue weighted by atomic mass is 10.2. The maximum absolute atomic E-state index is 13.6. The first-order valence-corrected chi connectivity index (χ1v) is 10.9. The van der Waals surface area contributed by atoms with Gasteiger partial charge in [-0.15, -0.1) is 0 Å². The monoisotopic (exact) mass is 542 g/mol. The molecule has 9 heteroatoms. The number of unbranched alkanes of at least 4 members (excludes halogenated alkanes) is 2. The first kappa shape index (κ1) is 23.1. The number of aromatic nitrogens is 2. The maximum atomic E-state index is 13.6. The van der Waals surface area contributed by atoms with Gasteiger partial charge in [0.05, 0.1) is 12.3 Å². The van der Waals surface area contributed by atoms with Crippen LogP contribution in [0.2, 0.25) is 0 Å². The van der Waals surface area contributed by atoms with Crippen molar-refractivity contribution in [3.63, 3.8) is 0 Å². The van der Waals surface area contributed by atoms with Crippen LogP contribution >= 0.6 is 22.6 Å². The second kappa shape index (κ2) is 10.7. The molecule has 0 saturated heterocycles. The van der Waals surface area contributed by atoms with Crippen LogP contribution in [0.25, 0.3) is 0 Å². The lowest BCUT2D eigenvalue weighted by molar-refractivity contribution is -0.137. The van der Waals surface area contributed by atoms with E-state index >= 15 is 0 Å². The van der Waals surface area contributed by atoms with E-state index in [-0.39, 0.29) is 11.8 Å². The summed E-state index contributed by atoms with van der Waals surface area (Å²) in [5.41, 5.74) is 0.121. The van der Waals surface area contributed by atoms with E-state index < -0.39 is 11.7 Å². The normalized spacial score (nSPS) is 11.3. The SMILES string of the molecule is CCCCCOc1ccccc1Nc1nc(Nc2ccc(I)cc2)ncc1C(F)(F)F. The van der Waals surface area contributed by atoms with Crippen LogP contribution in [0.3, 0.4) is 0 Å². The highest BCUT2D eigenvalue weighted by Crippen LogP contribution is 2.37. The molecule has 0 spiro atoms. The summed E-state index contributed by atoms with van der Waals surface area (Å²) in [6.07, 6.45) is -0.894. The van der Waals surface area contributed by atoms with E-state index in [2.05, 4.69) is 50.1 Å². The topological polar surface area (TPSA) is 59.1 Å². The number of hydrogen-bond donors (Lipinski definition) is 2. The predicted octanol–water partition coefficient (Wildman–Crippen LogP) is 7.16. The molecule has 1 aromatic heterocycles. The number of benzene rings is 2. The Morgan fingerprint density at radius 3 is 2.45 bits per heavy atom. The first-order chi connectivity index (χ1) is 14.9. The average Bonchev–Trinajstić information content (AvgIpc) is 2.73. The fourth-order valence-corrected chi connectivity index (χ4v) is 3.12. The maximum Gasteiger partial charge on any atom is 0.421 e. The fourth-order valence-electron chi connectivity index (χ4n) is 2.76. The number of nitrogens with zero attached hydrogens (tertiary/aromatic N) is 2. The van der Waals surface area contributed by atoms with E-state index in [0.717, 1.165) is 29.0 Å². The highest BCUT2D eigenvalue weighted by Gasteiger charge is 2.35. The Kier molecular flexibility index (Phi) is 7.94. The van der Waals surface area contributed by atoms with Gasteiger partial charge in [0.1, 0.15) is 17.1 Å². The number of rotatable bonds is 9. The summed E-state index contributed by atoms with van der Waals surface area (Å²) in [5, 5.41) is 5.72. The number of nitrogens with one attached hydrogen (secondary N) is 2. The van der Waals surface area contributed by atoms with E-state index in [0.29, 0.717) is 23.7 Å². The third kappa shape index (κ3) is 6.71. The van der Waals surface area contributed by atoms with Crippen molar-refractivity contribution in [1.29, 1.82) is 0 Å². The van der Waals surface area contributed by atoms with Crippen molar-refractivity contribution < 1.29 is 17.9 Å². The molecule has 5 nitrogen and oxygen atoms in total. The third-order valence-corrected chi connectivity index (χ3v) is 5.06. The first-order valence-electron chi connectivity index (χ1n) is 9.82. The van der Waals surface area contributed by atoms with Crippen molar-refractivity contribution in [2.75, 3.05) is 17.2 Å². The van der Waals surface area contributed by atoms with Crippen LogP contribution in [0.15, 0.2) is 54.7 Å². The minimum atomic E-state index is -4.61. The molecular formula is C22H22F3IN4O. The van der Waals surface area contributed by atoms with Gasteiger partial charge in [-0.3, -0.25) is 0 Å². The van der Waals surface area contributed by atoms with E-state index in [4.69, 9.17) is 4.74 Å². The molecule has 3 rings (SSSR count). The zero-order valence-corrected chi connectivity index (χ0v) is 19.0. The van der Waals surface area contributed by atoms with E-state index in [1.54, 1.807) is 36.4 Å². The molecule has 2 aromatic carbocycles. The zero-order chi connectivity index (χ0) is 22.3. The molecule has 0 bridgehead atoms. The molecular weight excluding hydrogens is 520 g/mol. The second-order valence-corrected chi connectivity index (χ2v) is 8.01. The molecule has 0 atom stereocenters. The molecule has 2 N–H and O–H groups in total. The average molecular weight is 542 g/mol. The fraction of sp³-hybridized carbons (Fsp3) is 0.273. The number of anilines is 4. The minimum absolute atomic E-state index is 0.0538. The van der Waals surface area contributed by atoms with Crippen LogP contribution in [0.4, 0.5) is 36.3 Å². The molecule has 0 aliphatic heterocycles. The van der Waals surface area contributed by atoms with E-state index in [1.165, 1.54) is 0 Å². The van der Waals surface area contributed by atoms with Gasteiger partial charge in [-0.05, 0) is 65.4 Å². The molecule has 0 fully saturated rings. The van der Waals surface area contributed by atoms with Gasteiger partial charge in [-0.2, -0.15) is 18.2 Å². The van der Waals surface area contributed by atoms with Gasteiger partial charge in [0.15, 0.2) is 0 Å². The standard InChI is InChI=1S/C22H22F3IN4O/c1-2-3-6-13-31-19-8-5-4-7-18(19)29-20-17(22(23,24)25)14-27-21(30-20)28-16-11-9-15(26)10-12-16/h4-5,7-12,14H,2-3,6,13H2,1H3,(H2,27,28,29,30). The Bertz CT molecular complexity index is 997. The molecule has 0 amide bonds. The van der Waals surface area contributed by atoms with Gasteiger partial charge in [0.2, 0.25) is 5.95 Å². The Balaban J connectivity index is 1.87. The van der Waals surface area contributed by atoms with Crippen molar-refractivity contribution in [3.05, 3.63) is 63.9 Å². The number of para-hydroxylation sites is 2. The number of hydrogen-bond acceptors (Lipinski definition) is 5. The van der Waals surface area contributed by atoms with Crippen LogP contribution < -0.4 is 15.4 Å². The lowest BCUT2D eigenvalue weighted by Gasteiger charge is -2.17. The minimum Gasteiger partial charge on any atom is -0.491 e. The summed E-state index contributed by atoms with van der Waals surface area (Å²) in [6, 6.07) is 14.2. The predicted molar refractivity (Wildman–Crippen MR) is 124 cm³/mol. The van der Waals surface area contributed by atoms with Crippen molar-refractivity contribution >= 4 is 45.7 Å². The molecule has 0 aliphatic carbocycles. The quantitative estimate of drug-likeness (QED) is 0.222. The summed E-state index contributed by atoms with van der Waals surface area (Å²) in [6.45, 7) is 2.58. The van der Waals surface area contributed by atoms with Crippen molar-refractivity contribution in [2.24, 2.45) is 0 Å². The highest BCUT2D eigenvalue weighted by atomic mass is 127. The molecule has 0 aliphatic rings. The van der Waals surface area contributed by atoms with E-state index in [9.17, 15) is 13.2 Å². The Morgan fingerprint density at radius 1 is 1.00 bits per heavy atom. The van der Waals surface area contributed by atoms with Gasteiger partial charge in [-0.1, -0.05) is 31.9 Å². The second-order valence-electron chi connectivity index (χ2n) is 6.76. The highest BCUT2D eigenvalue weighted by molar-refractivity contribution is 14.1. The van der Waals surface area contributed by atoms with Crippen LogP contribution in [0.5, 0.6) is 5.75 Å². The molecule has 0 unspecified atom stereocenters. The van der Waals surface area contributed by atoms with Gasteiger partial charge < -0.3 is 15.4 Å². The van der Waals surface area contributed by atoms with Crippen LogP contribution in [0, 0.1) is 3.57 Å². The summed E-state index contributed by atoms with van der Waals surface area (Å²) in [7, 11) is 0. The summed E-state index contributed by atoms with van der Waals surface area (Å²) >= 11 is 2.17. The van der Waals surface area contributed by atoms with Crippen LogP contribution in [0.1, 0.15) is 31.7 Å². The smallest absolute Gasteiger partial charge is 0.421 e.